The molecule has 7 nitrogen and oxygen atoms in total. The van der Waals surface area contributed by atoms with Crippen LogP contribution < -0.4 is 9.62 Å². The first kappa shape index (κ1) is 26.7. The van der Waals surface area contributed by atoms with Gasteiger partial charge in [0, 0.05) is 26.1 Å². The van der Waals surface area contributed by atoms with Crippen molar-refractivity contribution in [2.75, 3.05) is 17.4 Å². The van der Waals surface area contributed by atoms with Crippen LogP contribution in [0.15, 0.2) is 77.7 Å². The summed E-state index contributed by atoms with van der Waals surface area (Å²) in [4.78, 5) is 25.6. The third kappa shape index (κ3) is 5.36. The molecule has 2 aliphatic heterocycles. The molecule has 0 saturated carbocycles. The van der Waals surface area contributed by atoms with Crippen LogP contribution in [0.3, 0.4) is 0 Å². The Morgan fingerprint density at radius 3 is 2.38 bits per heavy atom. The fourth-order valence-electron chi connectivity index (χ4n) is 5.11. The van der Waals surface area contributed by atoms with Crippen LogP contribution in [-0.2, 0) is 45.4 Å². The van der Waals surface area contributed by atoms with Crippen molar-refractivity contribution in [1.82, 2.24) is 10.2 Å². The number of nitrogens with zero attached hydrogens (tertiary/aromatic N) is 2. The summed E-state index contributed by atoms with van der Waals surface area (Å²) in [6, 6.07) is 19.7. The van der Waals surface area contributed by atoms with E-state index < -0.39 is 34.1 Å². The van der Waals surface area contributed by atoms with Crippen molar-refractivity contribution in [2.45, 2.75) is 42.9 Å². The number of halogens is 3. The molecule has 0 fully saturated rings. The summed E-state index contributed by atoms with van der Waals surface area (Å²) in [5.41, 5.74) is 3.12. The number of anilines is 1. The van der Waals surface area contributed by atoms with Crippen molar-refractivity contribution in [3.05, 3.63) is 95.1 Å². The Balaban J connectivity index is 1.41. The van der Waals surface area contributed by atoms with E-state index in [9.17, 15) is 31.2 Å². The lowest BCUT2D eigenvalue weighted by Gasteiger charge is -2.30. The minimum absolute atomic E-state index is 0.109. The van der Waals surface area contributed by atoms with Gasteiger partial charge in [0.25, 0.3) is 10.0 Å². The van der Waals surface area contributed by atoms with E-state index in [0.29, 0.717) is 40.2 Å². The first-order valence-corrected chi connectivity index (χ1v) is 13.9. The van der Waals surface area contributed by atoms with Gasteiger partial charge in [-0.25, -0.2) is 8.42 Å². The van der Waals surface area contributed by atoms with Crippen LogP contribution in [0, 0.1) is 0 Å². The number of alkyl halides is 3. The van der Waals surface area contributed by atoms with Crippen molar-refractivity contribution in [3.8, 4) is 0 Å². The van der Waals surface area contributed by atoms with E-state index in [1.54, 1.807) is 30.3 Å². The van der Waals surface area contributed by atoms with E-state index in [1.165, 1.54) is 12.1 Å². The predicted octanol–water partition coefficient (Wildman–Crippen LogP) is 3.61. The normalized spacial score (nSPS) is 16.9. The summed E-state index contributed by atoms with van der Waals surface area (Å²) >= 11 is 0. The summed E-state index contributed by atoms with van der Waals surface area (Å²) in [5.74, 6) is -2.40. The number of hydrogen-bond acceptors (Lipinski definition) is 4. The number of hydrogen-bond donors (Lipinski definition) is 1. The molecular formula is C28H26F3N3O4S. The minimum Gasteiger partial charge on any atom is -0.354 e. The Morgan fingerprint density at radius 2 is 1.64 bits per heavy atom. The van der Waals surface area contributed by atoms with E-state index in [1.807, 2.05) is 30.3 Å². The second-order valence-corrected chi connectivity index (χ2v) is 11.4. The lowest BCUT2D eigenvalue weighted by Crippen LogP contribution is -2.48. The zero-order valence-corrected chi connectivity index (χ0v) is 21.6. The molecule has 0 bridgehead atoms. The van der Waals surface area contributed by atoms with Crippen molar-refractivity contribution < 1.29 is 31.2 Å². The standard InChI is InChI=1S/C28H26F3N3O4S/c29-28(30,31)27(36)33-15-13-20-10-11-23(16-22(20)18-33)39(37,38)34-24-9-5-4-8-21(24)17-25(34)26(35)32-14-12-19-6-2-1-3-7-19/h1-11,16,25H,12-15,17-18H2,(H,32,35)/t25-/m0/s1. The van der Waals surface area contributed by atoms with Crippen LogP contribution in [0.5, 0.6) is 0 Å². The van der Waals surface area contributed by atoms with E-state index in [4.69, 9.17) is 0 Å². The molecule has 5 rings (SSSR count). The largest absolute Gasteiger partial charge is 0.471 e. The molecule has 0 saturated heterocycles. The third-order valence-corrected chi connectivity index (χ3v) is 8.88. The third-order valence-electron chi connectivity index (χ3n) is 7.06. The number of sulfonamides is 1. The SMILES string of the molecule is O=C(NCCc1ccccc1)[C@@H]1Cc2ccccc2N1S(=O)(=O)c1ccc2c(c1)CN(C(=O)C(F)(F)F)CC2. The van der Waals surface area contributed by atoms with Crippen LogP contribution in [0.1, 0.15) is 22.3 Å². The number of fused-ring (bicyclic) bond motifs is 2. The van der Waals surface area contributed by atoms with Gasteiger partial charge in [0.1, 0.15) is 6.04 Å². The summed E-state index contributed by atoms with van der Waals surface area (Å²) in [6.07, 6.45) is -4.07. The van der Waals surface area contributed by atoms with Gasteiger partial charge in [-0.2, -0.15) is 13.2 Å². The second kappa shape index (κ2) is 10.4. The second-order valence-electron chi connectivity index (χ2n) is 9.58. The van der Waals surface area contributed by atoms with E-state index in [2.05, 4.69) is 5.32 Å². The van der Waals surface area contributed by atoms with Crippen LogP contribution in [0.25, 0.3) is 0 Å². The summed E-state index contributed by atoms with van der Waals surface area (Å²) < 4.78 is 68.0. The fourth-order valence-corrected chi connectivity index (χ4v) is 6.81. The Kier molecular flexibility index (Phi) is 7.11. The average molecular weight is 558 g/mol. The van der Waals surface area contributed by atoms with Crippen molar-refractivity contribution in [2.24, 2.45) is 0 Å². The topological polar surface area (TPSA) is 86.8 Å². The van der Waals surface area contributed by atoms with Gasteiger partial charge in [-0.05, 0) is 53.3 Å². The van der Waals surface area contributed by atoms with Crippen LogP contribution >= 0.6 is 0 Å². The van der Waals surface area contributed by atoms with Crippen molar-refractivity contribution in [1.29, 1.82) is 0 Å². The molecule has 11 heteroatoms. The van der Waals surface area contributed by atoms with Crippen LogP contribution in [0.4, 0.5) is 18.9 Å². The molecule has 1 N–H and O–H groups in total. The molecule has 204 valence electrons. The van der Waals surface area contributed by atoms with Gasteiger partial charge in [0.15, 0.2) is 0 Å². The number of para-hydroxylation sites is 1. The molecule has 0 aromatic heterocycles. The quantitative estimate of drug-likeness (QED) is 0.502. The molecule has 0 spiro atoms. The maximum Gasteiger partial charge on any atom is 0.471 e. The maximum atomic E-state index is 14.0. The molecule has 0 aliphatic carbocycles. The lowest BCUT2D eigenvalue weighted by atomic mass is 10.00. The van der Waals surface area contributed by atoms with E-state index in [-0.39, 0.29) is 30.8 Å². The number of carbonyl (C=O) groups is 2. The summed E-state index contributed by atoms with van der Waals surface area (Å²) in [7, 11) is -4.28. The van der Waals surface area contributed by atoms with Gasteiger partial charge < -0.3 is 10.2 Å². The lowest BCUT2D eigenvalue weighted by molar-refractivity contribution is -0.186. The molecular weight excluding hydrogens is 531 g/mol. The maximum absolute atomic E-state index is 14.0. The Morgan fingerprint density at radius 1 is 0.923 bits per heavy atom. The van der Waals surface area contributed by atoms with Gasteiger partial charge in [-0.15, -0.1) is 0 Å². The highest BCUT2D eigenvalue weighted by Crippen LogP contribution is 2.37. The van der Waals surface area contributed by atoms with Crippen molar-refractivity contribution >= 4 is 27.5 Å². The summed E-state index contributed by atoms with van der Waals surface area (Å²) in [6.45, 7) is -0.134. The molecule has 1 atom stereocenters. The minimum atomic E-state index is -5.01. The molecule has 0 radical (unpaired) electrons. The molecule has 2 aliphatic rings. The van der Waals surface area contributed by atoms with Gasteiger partial charge in [0.05, 0.1) is 10.6 Å². The molecule has 39 heavy (non-hydrogen) atoms. The van der Waals surface area contributed by atoms with Crippen LogP contribution in [0.2, 0.25) is 0 Å². The Labute approximate surface area is 224 Å². The Hall–Kier alpha value is -3.86. The highest BCUT2D eigenvalue weighted by atomic mass is 32.2. The van der Waals surface area contributed by atoms with Gasteiger partial charge in [-0.3, -0.25) is 13.9 Å². The van der Waals surface area contributed by atoms with E-state index >= 15 is 0 Å². The number of carbonyl (C=O) groups excluding carboxylic acids is 2. The zero-order chi connectivity index (χ0) is 27.8. The highest BCUT2D eigenvalue weighted by Gasteiger charge is 2.44. The summed E-state index contributed by atoms with van der Waals surface area (Å²) in [5, 5.41) is 2.85. The van der Waals surface area contributed by atoms with Crippen molar-refractivity contribution in [3.63, 3.8) is 0 Å². The molecule has 3 aromatic rings. The van der Waals surface area contributed by atoms with Gasteiger partial charge in [0.2, 0.25) is 5.91 Å². The molecule has 3 aromatic carbocycles. The highest BCUT2D eigenvalue weighted by molar-refractivity contribution is 7.93. The van der Waals surface area contributed by atoms with Crippen LogP contribution in [-0.4, -0.2) is 50.4 Å². The van der Waals surface area contributed by atoms with Gasteiger partial charge >= 0.3 is 12.1 Å². The first-order chi connectivity index (χ1) is 18.6. The molecule has 0 unspecified atom stereocenters. The Bertz CT molecular complexity index is 1510. The number of benzene rings is 3. The number of rotatable bonds is 6. The predicted molar refractivity (Wildman–Crippen MR) is 138 cm³/mol. The molecule has 2 heterocycles. The smallest absolute Gasteiger partial charge is 0.354 e. The zero-order valence-electron chi connectivity index (χ0n) is 20.8. The fraction of sp³-hybridized carbons (Fsp3) is 0.286. The van der Waals surface area contributed by atoms with E-state index in [0.717, 1.165) is 9.87 Å². The number of amides is 2. The first-order valence-electron chi connectivity index (χ1n) is 12.5. The molecule has 2 amide bonds. The number of nitrogens with one attached hydrogen (secondary N) is 1. The monoisotopic (exact) mass is 557 g/mol. The van der Waals surface area contributed by atoms with Gasteiger partial charge in [-0.1, -0.05) is 54.6 Å². The average Bonchev–Trinajstić information content (AvgIpc) is 3.33.